The van der Waals surface area contributed by atoms with E-state index in [0.29, 0.717) is 136 Å². The Kier molecular flexibility index (Phi) is 26.3. The van der Waals surface area contributed by atoms with Crippen LogP contribution in [0.25, 0.3) is 162 Å². The Morgan fingerprint density at radius 2 is 0.957 bits per heavy atom. The molecule has 12 N–H and O–H groups in total. The molecule has 0 bridgehead atoms. The lowest BCUT2D eigenvalue weighted by Crippen LogP contribution is -2.25. The molecule has 0 aliphatic carbocycles. The van der Waals surface area contributed by atoms with Gasteiger partial charge in [-0.15, -0.1) is 0 Å². The number of nitrogens with two attached hydrogens (primary N) is 5. The molecule has 1 amide bonds. The number of nitrogen functional groups attached to an aromatic ring is 5. The quantitative estimate of drug-likeness (QED) is 0.0442. The van der Waals surface area contributed by atoms with Crippen molar-refractivity contribution >= 4 is 107 Å². The topological polar surface area (TPSA) is 482 Å². The summed E-state index contributed by atoms with van der Waals surface area (Å²) in [5.41, 5.74) is 41.8. The fourth-order valence-electron chi connectivity index (χ4n) is 15.5. The maximum Gasteiger partial charge on any atom is 0.274 e. The first-order valence-corrected chi connectivity index (χ1v) is 43.9. The number of amides is 1. The number of hydrogen-bond acceptors (Lipinski definition) is 28. The zero-order chi connectivity index (χ0) is 98.1. The number of halogens is 3. The maximum absolute atomic E-state index is 13.3. The van der Waals surface area contributed by atoms with E-state index in [1.807, 2.05) is 210 Å². The van der Waals surface area contributed by atoms with Crippen LogP contribution in [0.15, 0.2) is 322 Å². The van der Waals surface area contributed by atoms with E-state index in [-0.39, 0.29) is 64.9 Å². The van der Waals surface area contributed by atoms with Crippen LogP contribution in [0.3, 0.4) is 0 Å². The third kappa shape index (κ3) is 20.5. The molecule has 0 saturated carbocycles. The van der Waals surface area contributed by atoms with Gasteiger partial charge in [-0.1, -0.05) is 121 Å². The van der Waals surface area contributed by atoms with E-state index in [9.17, 15) is 34.0 Å². The number of aromatic nitrogens is 15. The van der Waals surface area contributed by atoms with Crippen LogP contribution >= 0.6 is 11.6 Å². The van der Waals surface area contributed by atoms with Crippen LogP contribution in [0.5, 0.6) is 5.75 Å². The predicted octanol–water partition coefficient (Wildman–Crippen LogP) is 21.8. The summed E-state index contributed by atoms with van der Waals surface area (Å²) < 4.78 is 50.9. The van der Waals surface area contributed by atoms with E-state index >= 15 is 0 Å². The fraction of sp³-hybridized carbons (Fsp3) is 0.0556. The van der Waals surface area contributed by atoms with Crippen molar-refractivity contribution < 1.29 is 41.1 Å². The van der Waals surface area contributed by atoms with Gasteiger partial charge in [0.2, 0.25) is 5.89 Å². The summed E-state index contributed by atoms with van der Waals surface area (Å²) in [5.74, 6) is 4.93. The van der Waals surface area contributed by atoms with Gasteiger partial charge in [0.1, 0.15) is 104 Å². The standard InChI is InChI=1S/C27H20ClFN4O2.C27H18FN5O2.C19H15N3O2.C18H12N6.C17H13N5O/c1-15-6-11-22(35-15)24-23(18-12-17-4-2-3-5-20(17)21(28)13-18)32-25(26(30)33-24)27(34)31-14-16-7-9-19(29)10-8-16;1-15-2-9-24(35-15)26-25(32-22(14-29)27(30)33-26)18-5-8-21-20(12-18)17(10-11-31-21)13-23(34)16-3-6-19(28)7-4-16;1-11-5-8-16(24-11)19-18(21-10-17(20)22-19)13-6-7-14-12(9-13)3-2-4-15(14)23;19-11-15-17(20)23-18(24-9-3-8-21-24)16(22-15)14-7-6-12-4-1-2-5-13(12)10-14;1-10-8-21-17(23-10)16-15(20-9-14(18)22-16)12-4-5-13-11(7-12)3-2-6-19-13/h2-13H,14H2,1H3,(H2,30,33)(H,31,34);2-12H,13H2,1H3,(H2,30,33);2-10,23H,1H3,(H2,20,22);1-10H,(H2,20,23);2-9H,1H3,(H2,18,22). The second-order valence-electron chi connectivity index (χ2n) is 32.1. The van der Waals surface area contributed by atoms with E-state index in [1.54, 1.807) is 90.3 Å². The normalized spacial score (nSPS) is 10.9. The molecule has 33 heteroatoms. The van der Waals surface area contributed by atoms with Crippen LogP contribution < -0.4 is 34.0 Å². The molecular formula is C108H78ClF2N23O7. The van der Waals surface area contributed by atoms with Crippen molar-refractivity contribution in [3.05, 3.63) is 378 Å². The average Bonchev–Trinajstić information content (AvgIpc) is 1.72. The lowest BCUT2D eigenvalue weighted by Gasteiger charge is -2.13. The van der Waals surface area contributed by atoms with Crippen molar-refractivity contribution in [3.63, 3.8) is 0 Å². The molecule has 141 heavy (non-hydrogen) atoms. The Hall–Kier alpha value is -19.5. The largest absolute Gasteiger partial charge is 0.507 e. The highest BCUT2D eigenvalue weighted by atomic mass is 35.5. The van der Waals surface area contributed by atoms with Crippen LogP contribution in [0, 0.1) is 62.0 Å². The SMILES string of the molecule is Cc1ccc(-c2nc(N)c(C#N)nc2-c2ccc3nccc(CC(=O)c4ccc(F)cc4)c3c2)o1.Cc1ccc(-c2nc(N)c(C(=O)NCc3ccc(F)cc3)nc2-c2cc(Cl)c3ccccc3c2)o1.Cc1ccc(-c2nc(N)cnc2-c2ccc3c(O)cccc3c2)o1.Cc1cnc(-c2nc(N)cnc2-c2ccc3ncccc3c2)o1.N#Cc1nc(-c2ccc3ccccc3c2)c(-n2cccn2)nc1N. The van der Waals surface area contributed by atoms with Gasteiger partial charge < -0.3 is 56.8 Å². The minimum absolute atomic E-state index is 0.00465. The molecule has 12 aromatic heterocycles. The first kappa shape index (κ1) is 92.0. The number of aryl methyl sites for hydroxylation is 4. The van der Waals surface area contributed by atoms with Crippen molar-refractivity contribution in [3.8, 4) is 126 Å². The fourth-order valence-corrected chi connectivity index (χ4v) is 15.8. The summed E-state index contributed by atoms with van der Waals surface area (Å²) in [6.45, 7) is 7.52. The Labute approximate surface area is 806 Å². The molecular weight excluding hydrogens is 1800 g/mol. The van der Waals surface area contributed by atoms with Gasteiger partial charge in [-0.25, -0.2) is 68.3 Å². The van der Waals surface area contributed by atoms with Gasteiger partial charge >= 0.3 is 0 Å². The van der Waals surface area contributed by atoms with E-state index in [2.05, 4.69) is 75.2 Å². The number of nitrogens with zero attached hydrogens (tertiary/aromatic N) is 17. The number of phenols is 1. The first-order valence-electron chi connectivity index (χ1n) is 43.6. The van der Waals surface area contributed by atoms with E-state index in [0.717, 1.165) is 82.2 Å². The molecule has 0 radical (unpaired) electrons. The highest BCUT2D eigenvalue weighted by molar-refractivity contribution is 6.36. The number of pyridine rings is 2. The van der Waals surface area contributed by atoms with Gasteiger partial charge in [0.15, 0.2) is 69.1 Å². The molecule has 0 unspecified atom stereocenters. The van der Waals surface area contributed by atoms with Crippen molar-refractivity contribution in [2.75, 3.05) is 28.7 Å². The molecule has 0 saturated heterocycles. The van der Waals surface area contributed by atoms with Gasteiger partial charge in [0.25, 0.3) is 5.91 Å². The summed E-state index contributed by atoms with van der Waals surface area (Å²) in [6.07, 6.45) is 11.6. The lowest BCUT2D eigenvalue weighted by atomic mass is 9.97. The number of carbonyl (C=O) groups is 2. The molecule has 0 fully saturated rings. The summed E-state index contributed by atoms with van der Waals surface area (Å²) in [5, 5.41) is 43.7. The zero-order valence-corrected chi connectivity index (χ0v) is 76.1. The number of carbonyl (C=O) groups excluding carboxylic acids is 2. The van der Waals surface area contributed by atoms with Crippen LogP contribution in [-0.2, 0) is 13.0 Å². The van der Waals surface area contributed by atoms with Crippen LogP contribution in [-0.4, -0.2) is 91.4 Å². The Balaban J connectivity index is 0.000000118. The number of anilines is 5. The number of benzene rings is 10. The van der Waals surface area contributed by atoms with Gasteiger partial charge in [0.05, 0.1) is 35.3 Å². The smallest absolute Gasteiger partial charge is 0.274 e. The van der Waals surface area contributed by atoms with E-state index in [4.69, 9.17) is 57.9 Å². The molecule has 0 aliphatic heterocycles. The monoisotopic (exact) mass is 1880 g/mol. The number of hydrogen-bond donors (Lipinski definition) is 7. The highest BCUT2D eigenvalue weighted by Crippen LogP contribution is 2.41. The first-order chi connectivity index (χ1) is 68.4. The Morgan fingerprint density at radius 1 is 0.418 bits per heavy atom. The summed E-state index contributed by atoms with van der Waals surface area (Å²) in [6, 6.07) is 81.7. The van der Waals surface area contributed by atoms with Crippen LogP contribution in [0.2, 0.25) is 5.02 Å². The van der Waals surface area contributed by atoms with Gasteiger partial charge in [-0.2, -0.15) is 15.6 Å². The van der Waals surface area contributed by atoms with Crippen molar-refractivity contribution in [2.24, 2.45) is 0 Å². The van der Waals surface area contributed by atoms with Crippen molar-refractivity contribution in [1.82, 2.24) is 79.9 Å². The van der Waals surface area contributed by atoms with Crippen LogP contribution in [0.1, 0.15) is 66.4 Å². The number of nitriles is 2. The summed E-state index contributed by atoms with van der Waals surface area (Å²) in [4.78, 5) is 83.2. The van der Waals surface area contributed by atoms with Gasteiger partial charge in [0, 0.05) is 97.7 Å². The second kappa shape index (κ2) is 40.4. The molecule has 688 valence electrons. The minimum atomic E-state index is -0.505. The molecule has 10 aromatic carbocycles. The number of fused-ring (bicyclic) bond motifs is 5. The molecule has 0 atom stereocenters. The number of ketones is 1. The minimum Gasteiger partial charge on any atom is -0.507 e. The van der Waals surface area contributed by atoms with Crippen molar-refractivity contribution in [2.45, 2.75) is 40.7 Å². The number of phenolic OH excluding ortho intramolecular Hbond substituents is 1. The number of furan rings is 3. The molecule has 12 heterocycles. The predicted molar refractivity (Wildman–Crippen MR) is 535 cm³/mol. The maximum atomic E-state index is 13.3. The second-order valence-corrected chi connectivity index (χ2v) is 32.5. The lowest BCUT2D eigenvalue weighted by molar-refractivity contribution is 0.0945. The molecule has 30 nitrogen and oxygen atoms in total. The number of nitrogens with one attached hydrogen (secondary N) is 1. The zero-order valence-electron chi connectivity index (χ0n) is 75.3. The Morgan fingerprint density at radius 3 is 1.61 bits per heavy atom. The average molecular weight is 1880 g/mol. The molecule has 0 spiro atoms. The third-order valence-corrected chi connectivity index (χ3v) is 22.6. The number of Topliss-reactive ketones (excluding diaryl/α,β-unsaturated/α-hetero) is 1. The third-order valence-electron chi connectivity index (χ3n) is 22.3. The molecule has 22 aromatic rings. The highest BCUT2D eigenvalue weighted by Gasteiger charge is 2.27. The Bertz CT molecular complexity index is 8640. The van der Waals surface area contributed by atoms with E-state index in [1.165, 1.54) is 48.8 Å². The van der Waals surface area contributed by atoms with E-state index < -0.39 is 11.7 Å². The number of aromatic hydroxyl groups is 1. The molecule has 0 aliphatic rings. The summed E-state index contributed by atoms with van der Waals surface area (Å²) >= 11 is 6.57. The van der Waals surface area contributed by atoms with Crippen LogP contribution in [0.4, 0.5) is 37.9 Å². The van der Waals surface area contributed by atoms with Gasteiger partial charge in [-0.3, -0.25) is 19.6 Å². The van der Waals surface area contributed by atoms with Crippen molar-refractivity contribution in [1.29, 1.82) is 10.5 Å². The number of oxazole rings is 1. The van der Waals surface area contributed by atoms with Gasteiger partial charge in [-0.05, 0) is 212 Å². The number of rotatable bonds is 16. The summed E-state index contributed by atoms with van der Waals surface area (Å²) in [7, 11) is 0. The molecule has 22 rings (SSSR count).